The van der Waals surface area contributed by atoms with Crippen molar-refractivity contribution in [1.82, 2.24) is 5.32 Å². The van der Waals surface area contributed by atoms with Gasteiger partial charge >= 0.3 is 0 Å². The molecular formula is C23H22N2O4S. The molecule has 1 atom stereocenters. The summed E-state index contributed by atoms with van der Waals surface area (Å²) in [4.78, 5) is 13.0. The van der Waals surface area contributed by atoms with Crippen LogP contribution in [0, 0.1) is 6.92 Å². The number of nitrogens with one attached hydrogen (secondary N) is 1. The Hall–Kier alpha value is -3.32. The fourth-order valence-electron chi connectivity index (χ4n) is 3.39. The maximum Gasteiger partial charge on any atom is 0.264 e. The Bertz CT molecular complexity index is 1160. The van der Waals surface area contributed by atoms with E-state index >= 15 is 0 Å². The highest BCUT2D eigenvalue weighted by molar-refractivity contribution is 7.92. The summed E-state index contributed by atoms with van der Waals surface area (Å²) in [5, 5.41) is 2.87. The highest BCUT2D eigenvalue weighted by atomic mass is 32.2. The third-order valence-corrected chi connectivity index (χ3v) is 6.87. The van der Waals surface area contributed by atoms with E-state index in [2.05, 4.69) is 5.32 Å². The van der Waals surface area contributed by atoms with Gasteiger partial charge in [0.25, 0.3) is 15.9 Å². The predicted octanol–water partition coefficient (Wildman–Crippen LogP) is 3.27. The molecule has 154 valence electrons. The minimum absolute atomic E-state index is 0.103. The first kappa shape index (κ1) is 20.0. The van der Waals surface area contributed by atoms with Gasteiger partial charge in [0.1, 0.15) is 5.75 Å². The number of carbonyl (C=O) groups is 1. The fourth-order valence-corrected chi connectivity index (χ4v) is 4.89. The number of rotatable bonds is 5. The van der Waals surface area contributed by atoms with Gasteiger partial charge < -0.3 is 10.1 Å². The minimum atomic E-state index is -3.84. The average Bonchev–Trinajstić information content (AvgIpc) is 2.78. The van der Waals surface area contributed by atoms with E-state index in [1.807, 2.05) is 31.2 Å². The van der Waals surface area contributed by atoms with E-state index in [9.17, 15) is 13.2 Å². The Morgan fingerprint density at radius 3 is 2.43 bits per heavy atom. The molecule has 1 heterocycles. The molecule has 1 N–H and O–H groups in total. The van der Waals surface area contributed by atoms with E-state index in [1.165, 1.54) is 4.31 Å². The van der Waals surface area contributed by atoms with Crippen molar-refractivity contribution >= 4 is 21.6 Å². The summed E-state index contributed by atoms with van der Waals surface area (Å²) in [6, 6.07) is 22.8. The molecule has 0 fully saturated rings. The van der Waals surface area contributed by atoms with Gasteiger partial charge in [0.2, 0.25) is 0 Å². The molecule has 0 spiro atoms. The van der Waals surface area contributed by atoms with Gasteiger partial charge in [-0.15, -0.1) is 0 Å². The van der Waals surface area contributed by atoms with Gasteiger partial charge in [-0.05, 0) is 42.3 Å². The lowest BCUT2D eigenvalue weighted by atomic mass is 10.1. The zero-order chi connectivity index (χ0) is 21.1. The van der Waals surface area contributed by atoms with Gasteiger partial charge in [-0.3, -0.25) is 9.10 Å². The zero-order valence-corrected chi connectivity index (χ0v) is 17.3. The number of aryl methyl sites for hydroxylation is 1. The van der Waals surface area contributed by atoms with Crippen molar-refractivity contribution in [3.63, 3.8) is 0 Å². The third kappa shape index (κ3) is 3.89. The fraction of sp³-hybridized carbons (Fsp3) is 0.174. The summed E-state index contributed by atoms with van der Waals surface area (Å²) < 4.78 is 33.7. The second-order valence-electron chi connectivity index (χ2n) is 7.07. The summed E-state index contributed by atoms with van der Waals surface area (Å²) in [6.07, 6.45) is -0.956. The Morgan fingerprint density at radius 2 is 1.67 bits per heavy atom. The number of anilines is 1. The van der Waals surface area contributed by atoms with E-state index < -0.39 is 16.1 Å². The highest BCUT2D eigenvalue weighted by Gasteiger charge is 2.37. The van der Waals surface area contributed by atoms with E-state index in [0.717, 1.165) is 11.1 Å². The number of carbonyl (C=O) groups excluding carboxylic acids is 1. The van der Waals surface area contributed by atoms with Crippen LogP contribution in [0.1, 0.15) is 11.1 Å². The van der Waals surface area contributed by atoms with Crippen molar-refractivity contribution in [2.75, 3.05) is 10.8 Å². The first-order chi connectivity index (χ1) is 14.5. The van der Waals surface area contributed by atoms with Crippen LogP contribution in [0.4, 0.5) is 5.69 Å². The van der Waals surface area contributed by atoms with Gasteiger partial charge in [0, 0.05) is 6.54 Å². The molecule has 30 heavy (non-hydrogen) atoms. The Labute approximate surface area is 176 Å². The molecule has 0 aliphatic carbocycles. The lowest BCUT2D eigenvalue weighted by Gasteiger charge is -2.34. The van der Waals surface area contributed by atoms with Crippen molar-refractivity contribution in [3.8, 4) is 5.75 Å². The van der Waals surface area contributed by atoms with E-state index in [1.54, 1.807) is 54.6 Å². The molecule has 0 aromatic heterocycles. The zero-order valence-electron chi connectivity index (χ0n) is 16.5. The summed E-state index contributed by atoms with van der Waals surface area (Å²) >= 11 is 0. The third-order valence-electron chi connectivity index (χ3n) is 5.07. The second-order valence-corrected chi connectivity index (χ2v) is 8.93. The molecule has 1 aliphatic rings. The smallest absolute Gasteiger partial charge is 0.264 e. The Balaban J connectivity index is 1.60. The van der Waals surface area contributed by atoms with Gasteiger partial charge in [-0.25, -0.2) is 8.42 Å². The summed E-state index contributed by atoms with van der Waals surface area (Å²) in [5.41, 5.74) is 2.49. The monoisotopic (exact) mass is 422 g/mol. The molecule has 1 amide bonds. The van der Waals surface area contributed by atoms with Crippen LogP contribution in [0.25, 0.3) is 0 Å². The van der Waals surface area contributed by atoms with Crippen molar-refractivity contribution in [1.29, 1.82) is 0 Å². The molecule has 1 aliphatic heterocycles. The average molecular weight is 423 g/mol. The second kappa shape index (κ2) is 8.20. The Morgan fingerprint density at radius 1 is 1.00 bits per heavy atom. The molecule has 4 rings (SSSR count). The molecule has 0 unspecified atom stereocenters. The maximum absolute atomic E-state index is 13.3. The van der Waals surface area contributed by atoms with Crippen LogP contribution in [-0.4, -0.2) is 27.0 Å². The lowest BCUT2D eigenvalue weighted by Crippen LogP contribution is -2.50. The largest absolute Gasteiger partial charge is 0.476 e. The molecular weight excluding hydrogens is 400 g/mol. The number of amides is 1. The number of fused-ring (bicyclic) bond motifs is 1. The lowest BCUT2D eigenvalue weighted by molar-refractivity contribution is -0.127. The number of sulfonamides is 1. The molecule has 7 heteroatoms. The van der Waals surface area contributed by atoms with E-state index in [0.29, 0.717) is 18.0 Å². The van der Waals surface area contributed by atoms with Gasteiger partial charge in [0.05, 0.1) is 17.1 Å². The first-order valence-corrected chi connectivity index (χ1v) is 11.1. The van der Waals surface area contributed by atoms with Crippen LogP contribution in [-0.2, 0) is 21.4 Å². The van der Waals surface area contributed by atoms with Crippen LogP contribution in [0.15, 0.2) is 83.8 Å². The van der Waals surface area contributed by atoms with Gasteiger partial charge in [-0.2, -0.15) is 0 Å². The Kier molecular flexibility index (Phi) is 5.46. The molecule has 0 radical (unpaired) electrons. The summed E-state index contributed by atoms with van der Waals surface area (Å²) in [6.45, 7) is 2.22. The van der Waals surface area contributed by atoms with Crippen molar-refractivity contribution < 1.29 is 17.9 Å². The van der Waals surface area contributed by atoms with Crippen LogP contribution < -0.4 is 14.4 Å². The quantitative estimate of drug-likeness (QED) is 0.685. The SMILES string of the molecule is Cc1ccccc1CNC(=O)[C@H]1CN(S(=O)(=O)c2ccccc2)c2ccccc2O1. The van der Waals surface area contributed by atoms with Crippen LogP contribution in [0.5, 0.6) is 5.75 Å². The summed E-state index contributed by atoms with van der Waals surface area (Å²) in [7, 11) is -3.84. The first-order valence-electron chi connectivity index (χ1n) is 9.62. The van der Waals surface area contributed by atoms with E-state index in [4.69, 9.17) is 4.74 Å². The summed E-state index contributed by atoms with van der Waals surface area (Å²) in [5.74, 6) is 0.000292. The van der Waals surface area contributed by atoms with Crippen molar-refractivity contribution in [2.24, 2.45) is 0 Å². The van der Waals surface area contributed by atoms with Gasteiger partial charge in [0.15, 0.2) is 6.10 Å². The standard InChI is InChI=1S/C23H22N2O4S/c1-17-9-5-6-10-18(17)15-24-23(26)22-16-25(20-13-7-8-14-21(20)29-22)30(27,28)19-11-3-2-4-12-19/h2-14,22H,15-16H2,1H3,(H,24,26)/t22-/m1/s1. The normalized spacial score (nSPS) is 15.8. The van der Waals surface area contributed by atoms with Crippen LogP contribution in [0.3, 0.4) is 0 Å². The number of hydrogen-bond donors (Lipinski definition) is 1. The van der Waals surface area contributed by atoms with Gasteiger partial charge in [-0.1, -0.05) is 54.6 Å². The number of hydrogen-bond acceptors (Lipinski definition) is 4. The van der Waals surface area contributed by atoms with Crippen LogP contribution >= 0.6 is 0 Å². The molecule has 0 saturated heterocycles. The number of benzene rings is 3. The molecule has 0 bridgehead atoms. The van der Waals surface area contributed by atoms with Crippen molar-refractivity contribution in [3.05, 3.63) is 90.0 Å². The number of ether oxygens (including phenoxy) is 1. The highest BCUT2D eigenvalue weighted by Crippen LogP contribution is 2.36. The maximum atomic E-state index is 13.3. The minimum Gasteiger partial charge on any atom is -0.476 e. The molecule has 3 aromatic rings. The van der Waals surface area contributed by atoms with E-state index in [-0.39, 0.29) is 17.3 Å². The topological polar surface area (TPSA) is 75.7 Å². The molecule has 3 aromatic carbocycles. The molecule has 0 saturated carbocycles. The predicted molar refractivity (Wildman–Crippen MR) is 115 cm³/mol. The number of nitrogens with zero attached hydrogens (tertiary/aromatic N) is 1. The van der Waals surface area contributed by atoms with Crippen LogP contribution in [0.2, 0.25) is 0 Å². The molecule has 6 nitrogen and oxygen atoms in total. The van der Waals surface area contributed by atoms with Crippen molar-refractivity contribution in [2.45, 2.75) is 24.5 Å². The number of para-hydroxylation sites is 2.